The Morgan fingerprint density at radius 3 is 2.67 bits per heavy atom. The number of hydrogen-bond donors (Lipinski definition) is 0. The van der Waals surface area contributed by atoms with Crippen molar-refractivity contribution in [2.45, 2.75) is 51.2 Å². The molecule has 1 aliphatic heterocycles. The van der Waals surface area contributed by atoms with Gasteiger partial charge in [0, 0.05) is 17.4 Å². The second-order valence-electron chi connectivity index (χ2n) is 3.15. The fourth-order valence-electron chi connectivity index (χ4n) is 1.31. The van der Waals surface area contributed by atoms with E-state index in [1.165, 1.54) is 25.7 Å². The first-order valence-corrected chi connectivity index (χ1v) is 8.06. The molecule has 1 aliphatic rings. The van der Waals surface area contributed by atoms with Gasteiger partial charge in [-0.05, 0) is 19.3 Å². The molecule has 0 aliphatic carbocycles. The van der Waals surface area contributed by atoms with E-state index in [0.29, 0.717) is 6.42 Å². The summed E-state index contributed by atoms with van der Waals surface area (Å²) in [5.41, 5.74) is 0. The number of methoxy groups -OCH3 is 1. The van der Waals surface area contributed by atoms with Crippen LogP contribution < -0.4 is 0 Å². The molecule has 1 heterocycles. The van der Waals surface area contributed by atoms with Gasteiger partial charge in [-0.2, -0.15) is 0 Å². The first-order valence-electron chi connectivity index (χ1n) is 5.68. The SMILES string of the molecule is CC.COC(=O)CCCCC1CCSS1. The molecule has 0 N–H and O–H groups in total. The molecule has 1 saturated heterocycles. The molecule has 90 valence electrons. The van der Waals surface area contributed by atoms with Crippen molar-refractivity contribution >= 4 is 27.6 Å². The van der Waals surface area contributed by atoms with Crippen LogP contribution >= 0.6 is 21.6 Å². The van der Waals surface area contributed by atoms with Gasteiger partial charge in [-0.3, -0.25) is 4.79 Å². The number of rotatable bonds is 5. The third-order valence-corrected chi connectivity index (χ3v) is 5.12. The molecule has 2 nitrogen and oxygen atoms in total. The van der Waals surface area contributed by atoms with Crippen LogP contribution in [0, 0.1) is 0 Å². The Hall–Kier alpha value is 0.170. The van der Waals surface area contributed by atoms with Crippen LogP contribution in [0.3, 0.4) is 0 Å². The second kappa shape index (κ2) is 10.7. The highest BCUT2D eigenvalue weighted by atomic mass is 33.1. The van der Waals surface area contributed by atoms with Gasteiger partial charge in [0.1, 0.15) is 0 Å². The summed E-state index contributed by atoms with van der Waals surface area (Å²) < 4.78 is 4.57. The van der Waals surface area contributed by atoms with Crippen molar-refractivity contribution in [3.05, 3.63) is 0 Å². The van der Waals surface area contributed by atoms with E-state index in [-0.39, 0.29) is 5.97 Å². The smallest absolute Gasteiger partial charge is 0.305 e. The predicted molar refractivity (Wildman–Crippen MR) is 70.3 cm³/mol. The van der Waals surface area contributed by atoms with Gasteiger partial charge in [-0.25, -0.2) is 0 Å². The summed E-state index contributed by atoms with van der Waals surface area (Å²) in [6.45, 7) is 4.00. The average molecular weight is 250 g/mol. The molecule has 0 aromatic carbocycles. The van der Waals surface area contributed by atoms with Crippen LogP contribution in [-0.2, 0) is 9.53 Å². The molecule has 1 rings (SSSR count). The third-order valence-electron chi connectivity index (χ3n) is 2.11. The minimum atomic E-state index is -0.0755. The van der Waals surface area contributed by atoms with Gasteiger partial charge < -0.3 is 4.74 Å². The Morgan fingerprint density at radius 2 is 2.13 bits per heavy atom. The van der Waals surface area contributed by atoms with Crippen molar-refractivity contribution in [3.63, 3.8) is 0 Å². The molecule has 0 bridgehead atoms. The summed E-state index contributed by atoms with van der Waals surface area (Å²) in [7, 11) is 5.43. The number of unbranched alkanes of at least 4 members (excludes halogenated alkanes) is 1. The van der Waals surface area contributed by atoms with Crippen LogP contribution in [0.15, 0.2) is 0 Å². The molecule has 0 amide bonds. The van der Waals surface area contributed by atoms with E-state index in [1.54, 1.807) is 0 Å². The number of carbonyl (C=O) groups excluding carboxylic acids is 1. The lowest BCUT2D eigenvalue weighted by Gasteiger charge is -2.05. The van der Waals surface area contributed by atoms with Gasteiger partial charge in [-0.1, -0.05) is 41.9 Å². The Kier molecular flexibility index (Phi) is 10.8. The molecule has 4 heteroatoms. The number of esters is 1. The van der Waals surface area contributed by atoms with E-state index in [0.717, 1.165) is 18.1 Å². The molecule has 0 radical (unpaired) electrons. The molecule has 1 fully saturated rings. The Morgan fingerprint density at radius 1 is 1.40 bits per heavy atom. The molecule has 1 atom stereocenters. The molecular weight excluding hydrogens is 228 g/mol. The van der Waals surface area contributed by atoms with Gasteiger partial charge in [-0.15, -0.1) is 0 Å². The number of hydrogen-bond acceptors (Lipinski definition) is 4. The highest BCUT2D eigenvalue weighted by Crippen LogP contribution is 2.39. The lowest BCUT2D eigenvalue weighted by atomic mass is 10.1. The van der Waals surface area contributed by atoms with Gasteiger partial charge >= 0.3 is 5.97 Å². The maximum absolute atomic E-state index is 10.8. The Bertz CT molecular complexity index is 157. The Balaban J connectivity index is 0.000000921. The maximum atomic E-state index is 10.8. The lowest BCUT2D eigenvalue weighted by molar-refractivity contribution is -0.140. The van der Waals surface area contributed by atoms with Gasteiger partial charge in [0.15, 0.2) is 0 Å². The summed E-state index contributed by atoms with van der Waals surface area (Å²) in [6, 6.07) is 0. The molecule has 1 unspecified atom stereocenters. The van der Waals surface area contributed by atoms with E-state index >= 15 is 0 Å². The Labute approximate surface area is 101 Å². The van der Waals surface area contributed by atoms with Gasteiger partial charge in [0.2, 0.25) is 0 Å². The topological polar surface area (TPSA) is 26.3 Å². The molecule has 0 aromatic heterocycles. The van der Waals surface area contributed by atoms with Crippen molar-refractivity contribution in [3.8, 4) is 0 Å². The average Bonchev–Trinajstić information content (AvgIpc) is 2.79. The first kappa shape index (κ1) is 15.2. The fourth-order valence-corrected chi connectivity index (χ4v) is 4.34. The maximum Gasteiger partial charge on any atom is 0.305 e. The van der Waals surface area contributed by atoms with E-state index in [9.17, 15) is 4.79 Å². The van der Waals surface area contributed by atoms with E-state index in [4.69, 9.17) is 0 Å². The molecule has 0 saturated carbocycles. The third kappa shape index (κ3) is 8.03. The van der Waals surface area contributed by atoms with Crippen LogP contribution in [0.4, 0.5) is 0 Å². The monoisotopic (exact) mass is 250 g/mol. The van der Waals surface area contributed by atoms with Crippen LogP contribution in [0.5, 0.6) is 0 Å². The molecular formula is C11H22O2S2. The van der Waals surface area contributed by atoms with Gasteiger partial charge in [0.05, 0.1) is 7.11 Å². The first-order chi connectivity index (χ1) is 7.33. The largest absolute Gasteiger partial charge is 0.469 e. The van der Waals surface area contributed by atoms with Crippen LogP contribution in [0.1, 0.15) is 46.0 Å². The quantitative estimate of drug-likeness (QED) is 0.420. The van der Waals surface area contributed by atoms with E-state index < -0.39 is 0 Å². The highest BCUT2D eigenvalue weighted by molar-refractivity contribution is 8.77. The fraction of sp³-hybridized carbons (Fsp3) is 0.909. The van der Waals surface area contributed by atoms with Crippen LogP contribution in [-0.4, -0.2) is 24.1 Å². The molecule has 0 aromatic rings. The normalized spacial score (nSPS) is 19.3. The van der Waals surface area contributed by atoms with Crippen molar-refractivity contribution < 1.29 is 9.53 Å². The van der Waals surface area contributed by atoms with Crippen LogP contribution in [0.2, 0.25) is 0 Å². The second-order valence-corrected chi connectivity index (χ2v) is 5.94. The minimum Gasteiger partial charge on any atom is -0.469 e. The highest BCUT2D eigenvalue weighted by Gasteiger charge is 2.15. The van der Waals surface area contributed by atoms with E-state index in [1.807, 2.05) is 35.4 Å². The predicted octanol–water partition coefficient (Wildman–Crippen LogP) is 3.90. The zero-order valence-electron chi connectivity index (χ0n) is 9.95. The van der Waals surface area contributed by atoms with Crippen molar-refractivity contribution in [1.29, 1.82) is 0 Å². The van der Waals surface area contributed by atoms with Crippen LogP contribution in [0.25, 0.3) is 0 Å². The van der Waals surface area contributed by atoms with Crippen molar-refractivity contribution in [2.75, 3.05) is 12.9 Å². The van der Waals surface area contributed by atoms with E-state index in [2.05, 4.69) is 4.74 Å². The lowest BCUT2D eigenvalue weighted by Crippen LogP contribution is -2.01. The zero-order valence-corrected chi connectivity index (χ0v) is 11.6. The standard InChI is InChI=1S/C9H16O2S2.C2H6/c1-11-9(10)5-3-2-4-8-6-7-12-13-8;1-2/h8H,2-7H2,1H3;1-2H3. The molecule has 0 spiro atoms. The summed E-state index contributed by atoms with van der Waals surface area (Å²) >= 11 is 0. The molecule has 15 heavy (non-hydrogen) atoms. The summed E-state index contributed by atoms with van der Waals surface area (Å²) in [6.07, 6.45) is 5.32. The summed E-state index contributed by atoms with van der Waals surface area (Å²) in [4.78, 5) is 10.8. The zero-order chi connectivity index (χ0) is 11.5. The van der Waals surface area contributed by atoms with Gasteiger partial charge in [0.25, 0.3) is 0 Å². The summed E-state index contributed by atoms with van der Waals surface area (Å²) in [5, 5.41) is 0.836. The minimum absolute atomic E-state index is 0.0755. The summed E-state index contributed by atoms with van der Waals surface area (Å²) in [5.74, 6) is 1.22. The number of ether oxygens (including phenoxy) is 1. The van der Waals surface area contributed by atoms with Crippen molar-refractivity contribution in [1.82, 2.24) is 0 Å². The number of carbonyl (C=O) groups is 1. The van der Waals surface area contributed by atoms with Crippen molar-refractivity contribution in [2.24, 2.45) is 0 Å².